The van der Waals surface area contributed by atoms with Crippen LogP contribution in [0.5, 0.6) is 0 Å². The van der Waals surface area contributed by atoms with E-state index in [0.717, 1.165) is 26.1 Å². The number of aromatic nitrogens is 2. The maximum atomic E-state index is 4.50. The molecule has 1 aliphatic rings. The van der Waals surface area contributed by atoms with Crippen LogP contribution in [-0.4, -0.2) is 9.78 Å². The lowest BCUT2D eigenvalue weighted by atomic mass is 10.1. The standard InChI is InChI=1S/C22H25N3/c1-17(2)11-12-25-16-21(13-23-25)18-7-9-22(10-8-18)24-14-19-5-3-4-6-20(19)15-24/h3-10,13,16-17H,11-12,14-15H2,1-2H3. The maximum absolute atomic E-state index is 4.50. The van der Waals surface area contributed by atoms with Gasteiger partial charge in [-0.2, -0.15) is 5.10 Å². The Hall–Kier alpha value is -2.55. The second kappa shape index (κ2) is 6.75. The summed E-state index contributed by atoms with van der Waals surface area (Å²) in [7, 11) is 0. The molecule has 0 fully saturated rings. The van der Waals surface area contributed by atoms with Gasteiger partial charge in [0.1, 0.15) is 0 Å². The molecule has 0 amide bonds. The summed E-state index contributed by atoms with van der Waals surface area (Å²) in [5, 5.41) is 4.50. The normalized spacial score (nSPS) is 13.5. The smallest absolute Gasteiger partial charge is 0.0568 e. The van der Waals surface area contributed by atoms with Crippen LogP contribution in [0.25, 0.3) is 11.1 Å². The molecule has 2 heterocycles. The molecule has 0 saturated carbocycles. The Bertz CT molecular complexity index is 821. The number of fused-ring (bicyclic) bond motifs is 1. The van der Waals surface area contributed by atoms with Gasteiger partial charge in [0.15, 0.2) is 0 Å². The van der Waals surface area contributed by atoms with Gasteiger partial charge in [-0.05, 0) is 41.2 Å². The SMILES string of the molecule is CC(C)CCn1cc(-c2ccc(N3Cc4ccccc4C3)cc2)cn1. The molecular weight excluding hydrogens is 306 g/mol. The van der Waals surface area contributed by atoms with Crippen molar-refractivity contribution in [1.29, 1.82) is 0 Å². The number of benzene rings is 2. The molecular formula is C22H25N3. The van der Waals surface area contributed by atoms with Gasteiger partial charge in [0.05, 0.1) is 6.20 Å². The molecule has 0 saturated heterocycles. The van der Waals surface area contributed by atoms with Crippen LogP contribution in [0, 0.1) is 5.92 Å². The molecule has 3 aromatic rings. The fraction of sp³-hybridized carbons (Fsp3) is 0.318. The number of anilines is 1. The van der Waals surface area contributed by atoms with Crippen molar-refractivity contribution in [1.82, 2.24) is 9.78 Å². The molecule has 0 bridgehead atoms. The fourth-order valence-electron chi connectivity index (χ4n) is 3.41. The van der Waals surface area contributed by atoms with E-state index in [1.807, 2.05) is 6.20 Å². The van der Waals surface area contributed by atoms with Crippen molar-refractivity contribution in [2.45, 2.75) is 39.9 Å². The summed E-state index contributed by atoms with van der Waals surface area (Å²) in [6.45, 7) is 7.49. The predicted molar refractivity (Wildman–Crippen MR) is 103 cm³/mol. The van der Waals surface area contributed by atoms with Crippen molar-refractivity contribution in [3.05, 3.63) is 72.1 Å². The van der Waals surface area contributed by atoms with Crippen LogP contribution in [-0.2, 0) is 19.6 Å². The van der Waals surface area contributed by atoms with Crippen LogP contribution >= 0.6 is 0 Å². The Morgan fingerprint density at radius 3 is 2.24 bits per heavy atom. The predicted octanol–water partition coefficient (Wildman–Crippen LogP) is 5.12. The van der Waals surface area contributed by atoms with Crippen LogP contribution < -0.4 is 4.90 Å². The van der Waals surface area contributed by atoms with Gasteiger partial charge in [0.25, 0.3) is 0 Å². The summed E-state index contributed by atoms with van der Waals surface area (Å²) in [5.74, 6) is 0.705. The Balaban J connectivity index is 1.46. The van der Waals surface area contributed by atoms with Gasteiger partial charge in [-0.3, -0.25) is 4.68 Å². The van der Waals surface area contributed by atoms with Crippen molar-refractivity contribution in [3.63, 3.8) is 0 Å². The van der Waals surface area contributed by atoms with Crippen molar-refractivity contribution in [2.24, 2.45) is 5.92 Å². The van der Waals surface area contributed by atoms with Crippen LogP contribution in [0.3, 0.4) is 0 Å². The van der Waals surface area contributed by atoms with E-state index in [9.17, 15) is 0 Å². The third-order valence-corrected chi connectivity index (χ3v) is 4.98. The van der Waals surface area contributed by atoms with Gasteiger partial charge in [0.2, 0.25) is 0 Å². The molecule has 4 rings (SSSR count). The summed E-state index contributed by atoms with van der Waals surface area (Å²) in [4.78, 5) is 2.43. The molecule has 3 nitrogen and oxygen atoms in total. The minimum absolute atomic E-state index is 0.705. The lowest BCUT2D eigenvalue weighted by Gasteiger charge is -2.18. The monoisotopic (exact) mass is 331 g/mol. The van der Waals surface area contributed by atoms with E-state index in [4.69, 9.17) is 0 Å². The number of nitrogens with zero attached hydrogens (tertiary/aromatic N) is 3. The number of rotatable bonds is 5. The van der Waals surface area contributed by atoms with Crippen LogP contribution in [0.4, 0.5) is 5.69 Å². The van der Waals surface area contributed by atoms with E-state index in [2.05, 4.69) is 83.3 Å². The Labute approximate surface area is 149 Å². The van der Waals surface area contributed by atoms with Crippen LogP contribution in [0.2, 0.25) is 0 Å². The quantitative estimate of drug-likeness (QED) is 0.647. The van der Waals surface area contributed by atoms with Crippen molar-refractivity contribution in [2.75, 3.05) is 4.90 Å². The molecule has 1 aliphatic heterocycles. The summed E-state index contributed by atoms with van der Waals surface area (Å²) in [5.41, 5.74) is 6.60. The zero-order valence-corrected chi connectivity index (χ0v) is 15.0. The van der Waals surface area contributed by atoms with Gasteiger partial charge in [-0.25, -0.2) is 0 Å². The second-order valence-corrected chi connectivity index (χ2v) is 7.35. The molecule has 0 aliphatic carbocycles. The zero-order valence-electron chi connectivity index (χ0n) is 15.0. The Morgan fingerprint density at radius 2 is 1.60 bits per heavy atom. The lowest BCUT2D eigenvalue weighted by Crippen LogP contribution is -2.14. The van der Waals surface area contributed by atoms with Crippen molar-refractivity contribution in [3.8, 4) is 11.1 Å². The third-order valence-electron chi connectivity index (χ3n) is 4.98. The van der Waals surface area contributed by atoms with Crippen molar-refractivity contribution < 1.29 is 0 Å². The first-order valence-electron chi connectivity index (χ1n) is 9.13. The molecule has 1 aromatic heterocycles. The van der Waals surface area contributed by atoms with E-state index in [0.29, 0.717) is 5.92 Å². The van der Waals surface area contributed by atoms with Gasteiger partial charge >= 0.3 is 0 Å². The average molecular weight is 331 g/mol. The Morgan fingerprint density at radius 1 is 0.920 bits per heavy atom. The highest BCUT2D eigenvalue weighted by atomic mass is 15.3. The van der Waals surface area contributed by atoms with E-state index >= 15 is 0 Å². The first-order chi connectivity index (χ1) is 12.2. The summed E-state index contributed by atoms with van der Waals surface area (Å²) >= 11 is 0. The minimum Gasteiger partial charge on any atom is -0.363 e. The van der Waals surface area contributed by atoms with Crippen molar-refractivity contribution >= 4 is 5.69 Å². The number of hydrogen-bond donors (Lipinski definition) is 0. The first-order valence-corrected chi connectivity index (χ1v) is 9.13. The molecule has 0 radical (unpaired) electrons. The van der Waals surface area contributed by atoms with Gasteiger partial charge in [-0.15, -0.1) is 0 Å². The number of hydrogen-bond acceptors (Lipinski definition) is 2. The van der Waals surface area contributed by atoms with Crippen LogP contribution in [0.15, 0.2) is 60.9 Å². The highest BCUT2D eigenvalue weighted by molar-refractivity contribution is 5.65. The highest BCUT2D eigenvalue weighted by Crippen LogP contribution is 2.29. The molecule has 3 heteroatoms. The minimum atomic E-state index is 0.705. The molecule has 0 atom stereocenters. The van der Waals surface area contributed by atoms with Gasteiger partial charge in [-0.1, -0.05) is 50.2 Å². The lowest BCUT2D eigenvalue weighted by molar-refractivity contribution is 0.487. The second-order valence-electron chi connectivity index (χ2n) is 7.35. The van der Waals surface area contributed by atoms with E-state index in [1.54, 1.807) is 0 Å². The summed E-state index contributed by atoms with van der Waals surface area (Å²) in [6, 6.07) is 17.6. The molecule has 128 valence electrons. The fourth-order valence-corrected chi connectivity index (χ4v) is 3.41. The molecule has 0 unspecified atom stereocenters. The van der Waals surface area contributed by atoms with E-state index < -0.39 is 0 Å². The molecule has 0 spiro atoms. The molecule has 0 N–H and O–H groups in total. The molecule has 2 aromatic carbocycles. The molecule has 25 heavy (non-hydrogen) atoms. The largest absolute Gasteiger partial charge is 0.363 e. The summed E-state index contributed by atoms with van der Waals surface area (Å²) in [6.07, 6.45) is 5.29. The highest BCUT2D eigenvalue weighted by Gasteiger charge is 2.18. The average Bonchev–Trinajstić information content (AvgIpc) is 3.27. The zero-order chi connectivity index (χ0) is 17.2. The first kappa shape index (κ1) is 15.9. The van der Waals surface area contributed by atoms with Gasteiger partial charge < -0.3 is 4.90 Å². The topological polar surface area (TPSA) is 21.1 Å². The van der Waals surface area contributed by atoms with Crippen LogP contribution in [0.1, 0.15) is 31.4 Å². The van der Waals surface area contributed by atoms with E-state index in [1.165, 1.54) is 27.9 Å². The van der Waals surface area contributed by atoms with E-state index in [-0.39, 0.29) is 0 Å². The maximum Gasteiger partial charge on any atom is 0.0568 e. The third kappa shape index (κ3) is 3.46. The number of aryl methyl sites for hydroxylation is 1. The Kier molecular flexibility index (Phi) is 4.31. The van der Waals surface area contributed by atoms with Gasteiger partial charge in [0, 0.05) is 37.1 Å². The summed E-state index contributed by atoms with van der Waals surface area (Å²) < 4.78 is 2.06.